The Morgan fingerprint density at radius 2 is 1.94 bits per heavy atom. The van der Waals surface area contributed by atoms with Crippen LogP contribution >= 0.6 is 23.1 Å². The van der Waals surface area contributed by atoms with Crippen molar-refractivity contribution in [1.82, 2.24) is 14.8 Å². The van der Waals surface area contributed by atoms with Crippen LogP contribution in [0.15, 0.2) is 47.5 Å². The van der Waals surface area contributed by atoms with Crippen LogP contribution in [0.2, 0.25) is 0 Å². The lowest BCUT2D eigenvalue weighted by atomic mass is 10.1. The van der Waals surface area contributed by atoms with Crippen LogP contribution in [0.1, 0.15) is 25.6 Å². The van der Waals surface area contributed by atoms with Crippen molar-refractivity contribution < 1.29 is 23.9 Å². The number of allylic oxidation sites excluding steroid dienone is 1. The van der Waals surface area contributed by atoms with Crippen molar-refractivity contribution >= 4 is 46.6 Å². The molecule has 0 saturated carbocycles. The Morgan fingerprint density at radius 3 is 2.58 bits per heavy atom. The van der Waals surface area contributed by atoms with Gasteiger partial charge in [0.15, 0.2) is 11.0 Å². The number of carbonyl (C=O) groups excluding carboxylic acids is 3. The lowest BCUT2D eigenvalue weighted by molar-refractivity contribution is -0.113. The number of nitrogens with zero attached hydrogens (tertiary/aromatic N) is 3. The van der Waals surface area contributed by atoms with Crippen LogP contribution in [0.4, 0.5) is 5.69 Å². The van der Waals surface area contributed by atoms with Crippen molar-refractivity contribution in [1.29, 1.82) is 0 Å². The molecule has 1 aromatic carbocycles. The topological polar surface area (TPSA) is 112 Å². The van der Waals surface area contributed by atoms with Gasteiger partial charge < -0.3 is 14.8 Å². The second kappa shape index (κ2) is 10.9. The van der Waals surface area contributed by atoms with E-state index in [9.17, 15) is 14.4 Å². The van der Waals surface area contributed by atoms with Crippen LogP contribution in [0.25, 0.3) is 11.4 Å². The van der Waals surface area contributed by atoms with Crippen LogP contribution in [-0.2, 0) is 20.8 Å². The van der Waals surface area contributed by atoms with Gasteiger partial charge in [-0.25, -0.2) is 9.59 Å². The summed E-state index contributed by atoms with van der Waals surface area (Å²) in [6.07, 6.45) is 1.73. The Balaban J connectivity index is 1.78. The van der Waals surface area contributed by atoms with Crippen LogP contribution in [0.3, 0.4) is 0 Å². The molecule has 11 heteroatoms. The zero-order valence-electron chi connectivity index (χ0n) is 18.3. The lowest BCUT2D eigenvalue weighted by Crippen LogP contribution is -2.18. The minimum Gasteiger partial charge on any atom is -0.465 e. The fourth-order valence-electron chi connectivity index (χ4n) is 2.96. The number of anilines is 1. The Labute approximate surface area is 198 Å². The molecule has 0 aliphatic rings. The SMILES string of the molecule is C=CCn1c(SCC(=O)Nc2cc(C(=O)OC)ccc2C(=O)OC)nnc1-c1csc(C)c1. The number of nitrogens with one attached hydrogen (secondary N) is 1. The molecule has 0 unspecified atom stereocenters. The molecule has 0 bridgehead atoms. The monoisotopic (exact) mass is 486 g/mol. The average molecular weight is 487 g/mol. The van der Waals surface area contributed by atoms with Gasteiger partial charge >= 0.3 is 11.9 Å². The molecule has 172 valence electrons. The maximum Gasteiger partial charge on any atom is 0.339 e. The molecule has 1 N–H and O–H groups in total. The number of thiophene rings is 1. The van der Waals surface area contributed by atoms with Gasteiger partial charge in [-0.15, -0.1) is 28.1 Å². The largest absolute Gasteiger partial charge is 0.465 e. The van der Waals surface area contributed by atoms with Gasteiger partial charge in [-0.05, 0) is 31.2 Å². The summed E-state index contributed by atoms with van der Waals surface area (Å²) in [6, 6.07) is 6.22. The van der Waals surface area contributed by atoms with E-state index in [4.69, 9.17) is 9.47 Å². The van der Waals surface area contributed by atoms with Crippen molar-refractivity contribution in [2.75, 3.05) is 25.3 Å². The summed E-state index contributed by atoms with van der Waals surface area (Å²) < 4.78 is 11.3. The number of carbonyl (C=O) groups is 3. The summed E-state index contributed by atoms with van der Waals surface area (Å²) in [6.45, 7) is 6.28. The summed E-state index contributed by atoms with van der Waals surface area (Å²) in [7, 11) is 2.48. The van der Waals surface area contributed by atoms with Crippen LogP contribution < -0.4 is 5.32 Å². The molecule has 0 fully saturated rings. The number of methoxy groups -OCH3 is 2. The molecule has 0 aliphatic carbocycles. The molecular formula is C22H22N4O5S2. The van der Waals surface area contributed by atoms with E-state index in [1.807, 2.05) is 22.9 Å². The molecular weight excluding hydrogens is 464 g/mol. The fourth-order valence-corrected chi connectivity index (χ4v) is 4.39. The highest BCUT2D eigenvalue weighted by atomic mass is 32.2. The molecule has 0 spiro atoms. The van der Waals surface area contributed by atoms with Gasteiger partial charge in [-0.2, -0.15) is 0 Å². The first kappa shape index (κ1) is 24.2. The van der Waals surface area contributed by atoms with E-state index in [0.29, 0.717) is 17.5 Å². The second-order valence-corrected chi connectivity index (χ2v) is 8.79. The van der Waals surface area contributed by atoms with E-state index in [-0.39, 0.29) is 22.6 Å². The zero-order valence-corrected chi connectivity index (χ0v) is 19.9. The minimum absolute atomic E-state index is 0.000997. The Bertz CT molecular complexity index is 1200. The Hall–Kier alpha value is -3.44. The lowest BCUT2D eigenvalue weighted by Gasteiger charge is -2.11. The summed E-state index contributed by atoms with van der Waals surface area (Å²) in [5.74, 6) is -0.934. The van der Waals surface area contributed by atoms with Crippen molar-refractivity contribution in [2.24, 2.45) is 0 Å². The number of hydrogen-bond donors (Lipinski definition) is 1. The molecule has 0 aliphatic heterocycles. The predicted octanol–water partition coefficient (Wildman–Crippen LogP) is 3.81. The molecule has 0 atom stereocenters. The van der Waals surface area contributed by atoms with Crippen molar-refractivity contribution in [2.45, 2.75) is 18.6 Å². The van der Waals surface area contributed by atoms with Gasteiger partial charge in [0.05, 0.1) is 36.8 Å². The van der Waals surface area contributed by atoms with Crippen molar-refractivity contribution in [3.63, 3.8) is 0 Å². The number of esters is 2. The quantitative estimate of drug-likeness (QED) is 0.276. The summed E-state index contributed by atoms with van der Waals surface area (Å²) in [5, 5.41) is 13.7. The number of aryl methyl sites for hydroxylation is 1. The van der Waals surface area contributed by atoms with Gasteiger partial charge in [0.1, 0.15) is 0 Å². The second-order valence-electron chi connectivity index (χ2n) is 6.73. The summed E-state index contributed by atoms with van der Waals surface area (Å²) >= 11 is 2.81. The molecule has 3 aromatic rings. The Kier molecular flexibility index (Phi) is 8.01. The highest BCUT2D eigenvalue weighted by Gasteiger charge is 2.19. The Morgan fingerprint density at radius 1 is 1.18 bits per heavy atom. The molecule has 1 amide bonds. The molecule has 9 nitrogen and oxygen atoms in total. The van der Waals surface area contributed by atoms with Gasteiger partial charge in [-0.3, -0.25) is 9.36 Å². The highest BCUT2D eigenvalue weighted by molar-refractivity contribution is 7.99. The van der Waals surface area contributed by atoms with Gasteiger partial charge in [0.25, 0.3) is 0 Å². The number of thioether (sulfide) groups is 1. The molecule has 33 heavy (non-hydrogen) atoms. The summed E-state index contributed by atoms with van der Waals surface area (Å²) in [4.78, 5) is 37.8. The van der Waals surface area contributed by atoms with E-state index in [1.165, 1.54) is 44.2 Å². The first-order valence-corrected chi connectivity index (χ1v) is 11.6. The maximum absolute atomic E-state index is 12.7. The molecule has 2 aromatic heterocycles. The smallest absolute Gasteiger partial charge is 0.339 e. The van der Waals surface area contributed by atoms with E-state index in [1.54, 1.807) is 17.4 Å². The van der Waals surface area contributed by atoms with Crippen LogP contribution in [0, 0.1) is 6.92 Å². The standard InChI is InChI=1S/C22H22N4O5S2/c1-5-8-26-19(15-9-13(2)32-11-15)24-25-22(26)33-12-18(27)23-17-10-14(20(28)30-3)6-7-16(17)21(29)31-4/h5-7,9-11H,1,8,12H2,2-4H3,(H,23,27). The molecule has 0 saturated heterocycles. The minimum atomic E-state index is -0.643. The third-order valence-corrected chi connectivity index (χ3v) is 6.30. The predicted molar refractivity (Wildman–Crippen MR) is 127 cm³/mol. The number of aromatic nitrogens is 3. The average Bonchev–Trinajstić information content (AvgIpc) is 3.42. The molecule has 3 rings (SSSR count). The first-order valence-electron chi connectivity index (χ1n) is 9.70. The normalized spacial score (nSPS) is 10.5. The van der Waals surface area contributed by atoms with E-state index in [0.717, 1.165) is 10.4 Å². The highest BCUT2D eigenvalue weighted by Crippen LogP contribution is 2.28. The molecule has 2 heterocycles. The molecule has 0 radical (unpaired) electrons. The van der Waals surface area contributed by atoms with E-state index < -0.39 is 17.8 Å². The fraction of sp³-hybridized carbons (Fsp3) is 0.227. The number of ether oxygens (including phenoxy) is 2. The van der Waals surface area contributed by atoms with Gasteiger partial charge in [0.2, 0.25) is 5.91 Å². The first-order chi connectivity index (χ1) is 15.9. The van der Waals surface area contributed by atoms with Gasteiger partial charge in [0, 0.05) is 22.4 Å². The zero-order chi connectivity index (χ0) is 24.0. The third-order valence-electron chi connectivity index (χ3n) is 4.47. The van der Waals surface area contributed by atoms with E-state index >= 15 is 0 Å². The van der Waals surface area contributed by atoms with Crippen molar-refractivity contribution in [3.8, 4) is 11.4 Å². The third kappa shape index (κ3) is 5.68. The van der Waals surface area contributed by atoms with Crippen LogP contribution in [0.5, 0.6) is 0 Å². The number of rotatable bonds is 9. The number of benzene rings is 1. The summed E-state index contributed by atoms with van der Waals surface area (Å²) in [5.41, 5.74) is 1.41. The van der Waals surface area contributed by atoms with E-state index in [2.05, 4.69) is 22.1 Å². The van der Waals surface area contributed by atoms with Gasteiger partial charge in [-0.1, -0.05) is 17.8 Å². The number of hydrogen-bond acceptors (Lipinski definition) is 9. The van der Waals surface area contributed by atoms with Crippen LogP contribution in [-0.4, -0.2) is 52.6 Å². The van der Waals surface area contributed by atoms with Crippen molar-refractivity contribution in [3.05, 3.63) is 58.3 Å². The maximum atomic E-state index is 12.7. The number of amides is 1.